The van der Waals surface area contributed by atoms with E-state index in [1.807, 2.05) is 31.2 Å². The topological polar surface area (TPSA) is 78.6 Å². The molecule has 1 aromatic heterocycles. The molecule has 0 aliphatic heterocycles. The standard InChI is InChI=1S/C21H20F3N4OP.C6H14O.C3H6O/c1-12-5-4-6-14(9-12)17-11-28(27-26-17)10-15-7-8-16(19(30)18(15)22)21(25-3)29-13(2)20(23)24;1-3-5-7-6-4-2;1-3(2)4/h4-9,11,20H,2,10,30H2,1,3H3;3-6H2,1-2H3;1-2H3. The first-order chi connectivity index (χ1) is 19.4. The van der Waals surface area contributed by atoms with Gasteiger partial charge in [-0.3, -0.25) is 4.99 Å². The molecule has 224 valence electrons. The highest BCUT2D eigenvalue weighted by Crippen LogP contribution is 2.20. The average Bonchev–Trinajstić information content (AvgIpc) is 3.39. The lowest BCUT2D eigenvalue weighted by Gasteiger charge is -2.14. The van der Waals surface area contributed by atoms with Gasteiger partial charge in [0.05, 0.1) is 12.7 Å². The van der Waals surface area contributed by atoms with Crippen LogP contribution in [0, 0.1) is 12.7 Å². The highest BCUT2D eigenvalue weighted by atomic mass is 31.0. The molecule has 11 heteroatoms. The second-order valence-corrected chi connectivity index (χ2v) is 9.67. The SMILES string of the molecule is C=C(OC(=NC)c1ccc(Cn2cc(-c3cccc(C)c3)nn2)c(F)c1P)C(F)F.CC(C)=O.CCCOCCC. The van der Waals surface area contributed by atoms with Crippen molar-refractivity contribution in [3.05, 3.63) is 77.4 Å². The van der Waals surface area contributed by atoms with E-state index in [0.717, 1.165) is 37.2 Å². The molecule has 3 rings (SSSR count). The Morgan fingerprint density at radius 1 is 1.15 bits per heavy atom. The van der Waals surface area contributed by atoms with Crippen LogP contribution < -0.4 is 5.30 Å². The number of hydrogen-bond donors (Lipinski definition) is 0. The molecule has 1 unspecified atom stereocenters. The number of Topliss-reactive ketones (excluding diaryl/α,β-unsaturated/α-hetero) is 1. The zero-order valence-electron chi connectivity index (χ0n) is 24.6. The molecule has 41 heavy (non-hydrogen) atoms. The second-order valence-electron chi connectivity index (χ2n) is 9.09. The molecule has 0 bridgehead atoms. The number of allylic oxidation sites excluding steroid dienone is 1. The molecule has 1 atom stereocenters. The number of aliphatic imine (C=N–C) groups is 1. The third-order valence-electron chi connectivity index (χ3n) is 5.05. The molecule has 7 nitrogen and oxygen atoms in total. The van der Waals surface area contributed by atoms with E-state index in [2.05, 4.69) is 45.0 Å². The minimum absolute atomic E-state index is 0.141. The van der Waals surface area contributed by atoms with Crippen LogP contribution in [0.2, 0.25) is 0 Å². The number of alkyl halides is 2. The van der Waals surface area contributed by atoms with Crippen LogP contribution in [-0.4, -0.2) is 53.4 Å². The van der Waals surface area contributed by atoms with Crippen LogP contribution in [0.3, 0.4) is 0 Å². The number of carbonyl (C=O) groups is 1. The van der Waals surface area contributed by atoms with Gasteiger partial charge in [-0.15, -0.1) is 14.3 Å². The molecule has 0 aliphatic rings. The van der Waals surface area contributed by atoms with Crippen molar-refractivity contribution in [1.29, 1.82) is 0 Å². The van der Waals surface area contributed by atoms with Crippen molar-refractivity contribution in [2.45, 2.75) is 60.4 Å². The molecule has 0 N–H and O–H groups in total. The summed E-state index contributed by atoms with van der Waals surface area (Å²) < 4.78 is 52.0. The van der Waals surface area contributed by atoms with Crippen LogP contribution >= 0.6 is 9.24 Å². The van der Waals surface area contributed by atoms with E-state index in [9.17, 15) is 18.0 Å². The highest BCUT2D eigenvalue weighted by molar-refractivity contribution is 7.27. The first-order valence-corrected chi connectivity index (χ1v) is 13.7. The van der Waals surface area contributed by atoms with E-state index >= 15 is 0 Å². The fraction of sp³-hybridized carbons (Fsp3) is 0.400. The molecular weight excluding hydrogens is 552 g/mol. The Morgan fingerprint density at radius 2 is 1.78 bits per heavy atom. The van der Waals surface area contributed by atoms with Gasteiger partial charge in [0.2, 0.25) is 5.90 Å². The molecule has 0 saturated heterocycles. The molecule has 1 heterocycles. The lowest BCUT2D eigenvalue weighted by molar-refractivity contribution is -0.115. The van der Waals surface area contributed by atoms with Crippen LogP contribution in [0.25, 0.3) is 11.3 Å². The Hall–Kier alpha value is -3.36. The summed E-state index contributed by atoms with van der Waals surface area (Å²) in [6, 6.07) is 10.9. The van der Waals surface area contributed by atoms with Gasteiger partial charge < -0.3 is 14.3 Å². The zero-order valence-corrected chi connectivity index (χ0v) is 25.7. The summed E-state index contributed by atoms with van der Waals surface area (Å²) in [5.41, 5.74) is 3.30. The van der Waals surface area contributed by atoms with Crippen molar-refractivity contribution in [2.24, 2.45) is 4.99 Å². The molecule has 0 saturated carbocycles. The van der Waals surface area contributed by atoms with Crippen molar-refractivity contribution in [1.82, 2.24) is 15.0 Å². The smallest absolute Gasteiger partial charge is 0.294 e. The highest BCUT2D eigenvalue weighted by Gasteiger charge is 2.19. The number of ketones is 1. The average molecular weight is 593 g/mol. The number of hydrogen-bond acceptors (Lipinski definition) is 6. The molecular formula is C30H40F3N4O3P. The van der Waals surface area contributed by atoms with Gasteiger partial charge in [-0.25, -0.2) is 17.9 Å². The van der Waals surface area contributed by atoms with Crippen molar-refractivity contribution in [3.8, 4) is 11.3 Å². The molecule has 3 aromatic rings. The van der Waals surface area contributed by atoms with Crippen molar-refractivity contribution in [3.63, 3.8) is 0 Å². The van der Waals surface area contributed by atoms with E-state index in [1.54, 1.807) is 12.3 Å². The van der Waals surface area contributed by atoms with Gasteiger partial charge in [-0.2, -0.15) is 0 Å². The number of rotatable bonds is 10. The molecule has 0 fully saturated rings. The predicted octanol–water partition coefficient (Wildman–Crippen LogP) is 6.53. The number of ether oxygens (including phenoxy) is 2. The van der Waals surface area contributed by atoms with E-state index in [1.165, 1.54) is 31.6 Å². The van der Waals surface area contributed by atoms with Crippen LogP contribution in [0.15, 0.2) is 59.9 Å². The van der Waals surface area contributed by atoms with Crippen LogP contribution in [0.4, 0.5) is 13.2 Å². The second kappa shape index (κ2) is 18.9. The number of aromatic nitrogens is 3. The number of nitrogens with zero attached hydrogens (tertiary/aromatic N) is 4. The minimum Gasteiger partial charge on any atom is -0.438 e. The summed E-state index contributed by atoms with van der Waals surface area (Å²) >= 11 is 0. The van der Waals surface area contributed by atoms with Crippen molar-refractivity contribution >= 4 is 26.2 Å². The van der Waals surface area contributed by atoms with E-state index in [4.69, 9.17) is 9.47 Å². The number of benzene rings is 2. The molecule has 2 aromatic carbocycles. The largest absolute Gasteiger partial charge is 0.438 e. The summed E-state index contributed by atoms with van der Waals surface area (Å²) in [5.74, 6) is -1.26. The summed E-state index contributed by atoms with van der Waals surface area (Å²) in [4.78, 5) is 13.3. The lowest BCUT2D eigenvalue weighted by atomic mass is 10.1. The first-order valence-electron chi connectivity index (χ1n) is 13.2. The fourth-order valence-electron chi connectivity index (χ4n) is 3.21. The fourth-order valence-corrected chi connectivity index (χ4v) is 3.62. The van der Waals surface area contributed by atoms with E-state index in [-0.39, 0.29) is 29.1 Å². The molecule has 0 spiro atoms. The number of aryl methyl sites for hydroxylation is 1. The van der Waals surface area contributed by atoms with Gasteiger partial charge >= 0.3 is 0 Å². The molecule has 0 radical (unpaired) electrons. The quantitative estimate of drug-likeness (QED) is 0.0880. The third-order valence-corrected chi connectivity index (χ3v) is 5.61. The third kappa shape index (κ3) is 12.8. The summed E-state index contributed by atoms with van der Waals surface area (Å²) in [6.07, 6.45) is 1.15. The number of halogens is 3. The van der Waals surface area contributed by atoms with Crippen LogP contribution in [0.1, 0.15) is 57.2 Å². The number of carbonyl (C=O) groups excluding carboxylic acids is 1. The van der Waals surface area contributed by atoms with Crippen molar-refractivity contribution in [2.75, 3.05) is 20.3 Å². The Bertz CT molecular complexity index is 1290. The Labute approximate surface area is 243 Å². The predicted molar refractivity (Wildman–Crippen MR) is 161 cm³/mol. The van der Waals surface area contributed by atoms with Crippen molar-refractivity contribution < 1.29 is 27.4 Å². The van der Waals surface area contributed by atoms with Gasteiger partial charge in [-0.1, -0.05) is 55.5 Å². The van der Waals surface area contributed by atoms with E-state index < -0.39 is 18.0 Å². The Kier molecular flexibility index (Phi) is 16.4. The van der Waals surface area contributed by atoms with Gasteiger partial charge in [0.15, 0.2) is 5.76 Å². The maximum Gasteiger partial charge on any atom is 0.294 e. The van der Waals surface area contributed by atoms with E-state index in [0.29, 0.717) is 11.3 Å². The normalized spacial score (nSPS) is 10.9. The van der Waals surface area contributed by atoms with Crippen LogP contribution in [0.5, 0.6) is 0 Å². The van der Waals surface area contributed by atoms with Gasteiger partial charge in [0.25, 0.3) is 6.43 Å². The lowest BCUT2D eigenvalue weighted by Crippen LogP contribution is -2.20. The monoisotopic (exact) mass is 592 g/mol. The van der Waals surface area contributed by atoms with Crippen LogP contribution in [-0.2, 0) is 20.8 Å². The first kappa shape index (κ1) is 35.7. The van der Waals surface area contributed by atoms with Gasteiger partial charge in [0, 0.05) is 42.3 Å². The van der Waals surface area contributed by atoms with Gasteiger partial charge in [-0.05, 0) is 45.7 Å². The maximum absolute atomic E-state index is 15.0. The molecule has 0 aliphatic carbocycles. The Balaban J connectivity index is 0.000000649. The summed E-state index contributed by atoms with van der Waals surface area (Å²) in [5, 5.41) is 8.37. The summed E-state index contributed by atoms with van der Waals surface area (Å²) in [7, 11) is 3.63. The van der Waals surface area contributed by atoms with Gasteiger partial charge in [0.1, 0.15) is 17.3 Å². The molecule has 0 amide bonds. The maximum atomic E-state index is 15.0. The summed E-state index contributed by atoms with van der Waals surface area (Å²) in [6.45, 7) is 14.4. The minimum atomic E-state index is -2.87. The Morgan fingerprint density at radius 3 is 2.32 bits per heavy atom. The zero-order chi connectivity index (χ0) is 30.9.